The van der Waals surface area contributed by atoms with Crippen LogP contribution in [0.4, 0.5) is 4.39 Å². The minimum Gasteiger partial charge on any atom is -0.497 e. The van der Waals surface area contributed by atoms with E-state index in [2.05, 4.69) is 9.97 Å². The predicted molar refractivity (Wildman–Crippen MR) is 69.1 cm³/mol. The highest BCUT2D eigenvalue weighted by Gasteiger charge is 2.23. The minimum atomic E-state index is -1.05. The Kier molecular flexibility index (Phi) is 4.24. The number of aliphatic carboxylic acids is 1. The summed E-state index contributed by atoms with van der Waals surface area (Å²) in [5.41, 5.74) is 0.811. The van der Waals surface area contributed by atoms with Crippen LogP contribution in [-0.4, -0.2) is 28.2 Å². The lowest BCUT2D eigenvalue weighted by Crippen LogP contribution is -2.17. The molecule has 0 aliphatic heterocycles. The fourth-order valence-corrected chi connectivity index (χ4v) is 1.79. The van der Waals surface area contributed by atoms with Gasteiger partial charge in [0.1, 0.15) is 17.5 Å². The van der Waals surface area contributed by atoms with Gasteiger partial charge in [-0.1, -0.05) is 12.1 Å². The first-order valence-electron chi connectivity index (χ1n) is 5.93. The second-order valence-corrected chi connectivity index (χ2v) is 4.20. The molecule has 1 aromatic heterocycles. The average molecular weight is 276 g/mol. The van der Waals surface area contributed by atoms with Crippen molar-refractivity contribution in [3.8, 4) is 5.75 Å². The third-order valence-electron chi connectivity index (χ3n) is 2.85. The maximum atomic E-state index is 12.8. The van der Waals surface area contributed by atoms with Crippen LogP contribution in [0, 0.1) is 5.82 Å². The predicted octanol–water partition coefficient (Wildman–Crippen LogP) is 2.04. The molecule has 0 amide bonds. The molecule has 0 spiro atoms. The van der Waals surface area contributed by atoms with Gasteiger partial charge >= 0.3 is 5.97 Å². The number of benzene rings is 1. The van der Waals surface area contributed by atoms with E-state index in [0.717, 1.165) is 18.0 Å². The highest BCUT2D eigenvalue weighted by molar-refractivity contribution is 5.75. The minimum absolute atomic E-state index is 0.0923. The summed E-state index contributed by atoms with van der Waals surface area (Å²) >= 11 is 0. The van der Waals surface area contributed by atoms with Gasteiger partial charge in [-0.2, -0.15) is 0 Å². The van der Waals surface area contributed by atoms with E-state index in [0.29, 0.717) is 5.75 Å². The average Bonchev–Trinajstić information content (AvgIpc) is 2.46. The summed E-state index contributed by atoms with van der Waals surface area (Å²) in [6, 6.07) is 7.05. The number of nitrogens with zero attached hydrogens (tertiary/aromatic N) is 2. The fraction of sp³-hybridized carbons (Fsp3) is 0.214. The Morgan fingerprint density at radius 2 is 1.90 bits per heavy atom. The standard InChI is InChI=1S/C14H13FN2O3/c1-20-11-4-2-9(3-5-11)6-12(14(18)19)13-16-7-10(15)8-17-13/h2-5,7-8,12H,6H2,1H3,(H,18,19). The van der Waals surface area contributed by atoms with Crippen LogP contribution < -0.4 is 4.74 Å². The van der Waals surface area contributed by atoms with E-state index in [1.165, 1.54) is 0 Å². The topological polar surface area (TPSA) is 72.3 Å². The van der Waals surface area contributed by atoms with Crippen molar-refractivity contribution in [1.82, 2.24) is 9.97 Å². The summed E-state index contributed by atoms with van der Waals surface area (Å²) in [7, 11) is 1.56. The van der Waals surface area contributed by atoms with Gasteiger partial charge in [0.25, 0.3) is 0 Å². The van der Waals surface area contributed by atoms with Gasteiger partial charge in [0, 0.05) is 0 Å². The molecule has 1 heterocycles. The molecule has 104 valence electrons. The van der Waals surface area contributed by atoms with Gasteiger partial charge in [0.2, 0.25) is 0 Å². The van der Waals surface area contributed by atoms with Crippen LogP contribution in [0.3, 0.4) is 0 Å². The Hall–Kier alpha value is -2.50. The van der Waals surface area contributed by atoms with Crippen LogP contribution in [0.15, 0.2) is 36.7 Å². The second-order valence-electron chi connectivity index (χ2n) is 4.20. The summed E-state index contributed by atoms with van der Waals surface area (Å²) in [6.45, 7) is 0. The van der Waals surface area contributed by atoms with E-state index in [1.807, 2.05) is 0 Å². The number of carboxylic acids is 1. The lowest BCUT2D eigenvalue weighted by Gasteiger charge is -2.11. The van der Waals surface area contributed by atoms with Crippen molar-refractivity contribution in [3.63, 3.8) is 0 Å². The number of hydrogen-bond acceptors (Lipinski definition) is 4. The molecule has 2 aromatic rings. The van der Waals surface area contributed by atoms with Crippen LogP contribution in [0.25, 0.3) is 0 Å². The smallest absolute Gasteiger partial charge is 0.314 e. The van der Waals surface area contributed by atoms with Crippen molar-refractivity contribution in [1.29, 1.82) is 0 Å². The van der Waals surface area contributed by atoms with E-state index < -0.39 is 17.7 Å². The maximum absolute atomic E-state index is 12.8. The van der Waals surface area contributed by atoms with Crippen molar-refractivity contribution in [2.24, 2.45) is 0 Å². The van der Waals surface area contributed by atoms with Gasteiger partial charge in [0.05, 0.1) is 19.5 Å². The number of aromatic nitrogens is 2. The maximum Gasteiger partial charge on any atom is 0.314 e. The quantitative estimate of drug-likeness (QED) is 0.904. The van der Waals surface area contributed by atoms with Gasteiger partial charge in [-0.3, -0.25) is 4.79 Å². The van der Waals surface area contributed by atoms with Crippen LogP contribution in [-0.2, 0) is 11.2 Å². The van der Waals surface area contributed by atoms with Gasteiger partial charge in [-0.05, 0) is 24.1 Å². The summed E-state index contributed by atoms with van der Waals surface area (Å²) < 4.78 is 17.8. The summed E-state index contributed by atoms with van der Waals surface area (Å²) in [5.74, 6) is -1.77. The van der Waals surface area contributed by atoms with Gasteiger partial charge in [0.15, 0.2) is 5.82 Å². The SMILES string of the molecule is COc1ccc(CC(C(=O)O)c2ncc(F)cn2)cc1. The second kappa shape index (κ2) is 6.10. The number of hydrogen-bond donors (Lipinski definition) is 1. The molecular weight excluding hydrogens is 263 g/mol. The molecule has 1 atom stereocenters. The highest BCUT2D eigenvalue weighted by atomic mass is 19.1. The molecule has 0 aliphatic rings. The van der Waals surface area contributed by atoms with Crippen molar-refractivity contribution in [3.05, 3.63) is 53.9 Å². The summed E-state index contributed by atoms with van der Waals surface area (Å²) in [4.78, 5) is 18.8. The molecule has 0 fully saturated rings. The first-order chi connectivity index (χ1) is 9.60. The van der Waals surface area contributed by atoms with Crippen molar-refractivity contribution in [2.45, 2.75) is 12.3 Å². The molecule has 2 rings (SSSR count). The van der Waals surface area contributed by atoms with Crippen molar-refractivity contribution >= 4 is 5.97 Å². The Morgan fingerprint density at radius 3 is 2.40 bits per heavy atom. The molecular formula is C14H13FN2O3. The van der Waals surface area contributed by atoms with E-state index >= 15 is 0 Å². The molecule has 0 saturated carbocycles. The van der Waals surface area contributed by atoms with Crippen LogP contribution in [0.2, 0.25) is 0 Å². The molecule has 0 aliphatic carbocycles. The zero-order chi connectivity index (χ0) is 14.5. The molecule has 6 heteroatoms. The molecule has 0 radical (unpaired) electrons. The lowest BCUT2D eigenvalue weighted by atomic mass is 9.98. The number of carboxylic acid groups (broad SMARTS) is 1. The van der Waals surface area contributed by atoms with Crippen molar-refractivity contribution < 1.29 is 19.0 Å². The normalized spacial score (nSPS) is 11.9. The largest absolute Gasteiger partial charge is 0.497 e. The highest BCUT2D eigenvalue weighted by Crippen LogP contribution is 2.20. The molecule has 0 bridgehead atoms. The van der Waals surface area contributed by atoms with Gasteiger partial charge in [-0.15, -0.1) is 0 Å². The van der Waals surface area contributed by atoms with Gasteiger partial charge in [-0.25, -0.2) is 14.4 Å². The van der Waals surface area contributed by atoms with Crippen molar-refractivity contribution in [2.75, 3.05) is 7.11 Å². The lowest BCUT2D eigenvalue weighted by molar-refractivity contribution is -0.139. The first-order valence-corrected chi connectivity index (χ1v) is 5.93. The Bertz CT molecular complexity index is 584. The Labute approximate surface area is 115 Å². The van der Waals surface area contributed by atoms with Gasteiger partial charge < -0.3 is 9.84 Å². The van der Waals surface area contributed by atoms with Crippen LogP contribution in [0.5, 0.6) is 5.75 Å². The zero-order valence-electron chi connectivity index (χ0n) is 10.8. The molecule has 5 nitrogen and oxygen atoms in total. The molecule has 1 N–H and O–H groups in total. The van der Waals surface area contributed by atoms with E-state index in [1.54, 1.807) is 31.4 Å². The Balaban J connectivity index is 2.20. The molecule has 20 heavy (non-hydrogen) atoms. The third kappa shape index (κ3) is 3.28. The monoisotopic (exact) mass is 276 g/mol. The summed E-state index contributed by atoms with van der Waals surface area (Å²) in [5, 5.41) is 9.26. The van der Waals surface area contributed by atoms with E-state index in [9.17, 15) is 14.3 Å². The van der Waals surface area contributed by atoms with Crippen LogP contribution >= 0.6 is 0 Å². The van der Waals surface area contributed by atoms with Crippen LogP contribution in [0.1, 0.15) is 17.3 Å². The number of rotatable bonds is 5. The zero-order valence-corrected chi connectivity index (χ0v) is 10.8. The Morgan fingerprint density at radius 1 is 1.30 bits per heavy atom. The first kappa shape index (κ1) is 13.9. The van der Waals surface area contributed by atoms with E-state index in [-0.39, 0.29) is 12.2 Å². The number of methoxy groups -OCH3 is 1. The summed E-state index contributed by atoms with van der Waals surface area (Å²) in [6.07, 6.45) is 2.16. The molecule has 1 aromatic carbocycles. The third-order valence-corrected chi connectivity index (χ3v) is 2.85. The number of ether oxygens (including phenoxy) is 1. The number of carbonyl (C=O) groups is 1. The fourth-order valence-electron chi connectivity index (χ4n) is 1.79. The molecule has 1 unspecified atom stereocenters. The van der Waals surface area contributed by atoms with E-state index in [4.69, 9.17) is 4.74 Å². The number of halogens is 1. The molecule has 0 saturated heterocycles.